The quantitative estimate of drug-likeness (QED) is 0.669. The predicted octanol–water partition coefficient (Wildman–Crippen LogP) is 2.79. The van der Waals surface area contributed by atoms with Crippen molar-refractivity contribution in [3.63, 3.8) is 0 Å². The van der Waals surface area contributed by atoms with Crippen LogP contribution >= 0.6 is 0 Å². The lowest BCUT2D eigenvalue weighted by atomic mass is 9.97. The highest BCUT2D eigenvalue weighted by Gasteiger charge is 2.14. The average Bonchev–Trinajstić information content (AvgIpc) is 2.29. The molecule has 1 rings (SSSR count). The highest BCUT2D eigenvalue weighted by molar-refractivity contribution is 5.86. The number of benzene rings is 1. The molecule has 0 radical (unpaired) electrons. The van der Waals surface area contributed by atoms with Gasteiger partial charge in [0.05, 0.1) is 0 Å². The van der Waals surface area contributed by atoms with Crippen LogP contribution in [0.4, 0.5) is 0 Å². The van der Waals surface area contributed by atoms with Gasteiger partial charge >= 0.3 is 0 Å². The van der Waals surface area contributed by atoms with Gasteiger partial charge < -0.3 is 4.74 Å². The van der Waals surface area contributed by atoms with Gasteiger partial charge in [-0.15, -0.1) is 0 Å². The van der Waals surface area contributed by atoms with Gasteiger partial charge in [0, 0.05) is 12.5 Å². The third kappa shape index (κ3) is 3.84. The summed E-state index contributed by atoms with van der Waals surface area (Å²) in [4.78, 5) is 11.7. The van der Waals surface area contributed by atoms with Crippen molar-refractivity contribution in [1.82, 2.24) is 0 Å². The molecule has 15 heavy (non-hydrogen) atoms. The van der Waals surface area contributed by atoms with E-state index >= 15 is 0 Å². The molecule has 0 bridgehead atoms. The number of carbonyl (C=O) groups is 1. The molecule has 1 aromatic carbocycles. The van der Waals surface area contributed by atoms with Gasteiger partial charge in [-0.25, -0.2) is 0 Å². The van der Waals surface area contributed by atoms with E-state index in [4.69, 9.17) is 4.74 Å². The SMILES string of the molecule is CCCOCC(=O)C(C)c1ccccc1. The van der Waals surface area contributed by atoms with Crippen molar-refractivity contribution in [2.45, 2.75) is 26.2 Å². The van der Waals surface area contributed by atoms with Crippen LogP contribution in [0.2, 0.25) is 0 Å². The molecule has 0 fully saturated rings. The van der Waals surface area contributed by atoms with Crippen LogP contribution in [-0.4, -0.2) is 19.0 Å². The van der Waals surface area contributed by atoms with Crippen LogP contribution < -0.4 is 0 Å². The van der Waals surface area contributed by atoms with Crippen molar-refractivity contribution in [3.05, 3.63) is 35.9 Å². The van der Waals surface area contributed by atoms with E-state index in [9.17, 15) is 4.79 Å². The van der Waals surface area contributed by atoms with Crippen LogP contribution in [0.25, 0.3) is 0 Å². The number of rotatable bonds is 6. The molecule has 0 aliphatic heterocycles. The van der Waals surface area contributed by atoms with Crippen LogP contribution in [0.1, 0.15) is 31.7 Å². The number of Topliss-reactive ketones (excluding diaryl/α,β-unsaturated/α-hetero) is 1. The first-order chi connectivity index (χ1) is 7.25. The van der Waals surface area contributed by atoms with Crippen molar-refractivity contribution < 1.29 is 9.53 Å². The van der Waals surface area contributed by atoms with Crippen LogP contribution in [0.5, 0.6) is 0 Å². The van der Waals surface area contributed by atoms with Crippen molar-refractivity contribution >= 4 is 5.78 Å². The number of hydrogen-bond donors (Lipinski definition) is 0. The number of carbonyl (C=O) groups excluding carboxylic acids is 1. The van der Waals surface area contributed by atoms with Gasteiger partial charge in [0.25, 0.3) is 0 Å². The third-order valence-corrected chi connectivity index (χ3v) is 2.38. The zero-order valence-electron chi connectivity index (χ0n) is 9.40. The minimum absolute atomic E-state index is 0.0666. The van der Waals surface area contributed by atoms with Crippen molar-refractivity contribution in [3.8, 4) is 0 Å². The molecule has 0 amide bonds. The van der Waals surface area contributed by atoms with E-state index in [-0.39, 0.29) is 18.3 Å². The molecule has 0 saturated heterocycles. The molecule has 82 valence electrons. The summed E-state index contributed by atoms with van der Waals surface area (Å²) in [5.41, 5.74) is 1.06. The van der Waals surface area contributed by atoms with Gasteiger partial charge in [0.2, 0.25) is 0 Å². The summed E-state index contributed by atoms with van der Waals surface area (Å²) < 4.78 is 5.24. The van der Waals surface area contributed by atoms with Gasteiger partial charge in [-0.3, -0.25) is 4.79 Å². The van der Waals surface area contributed by atoms with E-state index in [0.717, 1.165) is 12.0 Å². The Morgan fingerprint density at radius 1 is 1.33 bits per heavy atom. The Balaban J connectivity index is 2.46. The van der Waals surface area contributed by atoms with Crippen LogP contribution in [0, 0.1) is 0 Å². The Bertz CT molecular complexity index is 293. The van der Waals surface area contributed by atoms with Gasteiger partial charge in [-0.2, -0.15) is 0 Å². The molecule has 0 spiro atoms. The molecule has 0 aliphatic rings. The number of ketones is 1. The van der Waals surface area contributed by atoms with Gasteiger partial charge in [0.1, 0.15) is 6.61 Å². The van der Waals surface area contributed by atoms with E-state index in [2.05, 4.69) is 0 Å². The van der Waals surface area contributed by atoms with Crippen LogP contribution in [-0.2, 0) is 9.53 Å². The first-order valence-corrected chi connectivity index (χ1v) is 5.41. The highest BCUT2D eigenvalue weighted by Crippen LogP contribution is 2.15. The summed E-state index contributed by atoms with van der Waals surface area (Å²) >= 11 is 0. The molecule has 2 heteroatoms. The van der Waals surface area contributed by atoms with E-state index in [1.54, 1.807) is 0 Å². The van der Waals surface area contributed by atoms with E-state index in [0.29, 0.717) is 6.61 Å². The van der Waals surface area contributed by atoms with Crippen LogP contribution in [0.15, 0.2) is 30.3 Å². The normalized spacial score (nSPS) is 12.4. The zero-order valence-corrected chi connectivity index (χ0v) is 9.40. The molecule has 1 atom stereocenters. The monoisotopic (exact) mass is 206 g/mol. The Morgan fingerprint density at radius 2 is 2.00 bits per heavy atom. The maximum absolute atomic E-state index is 11.7. The smallest absolute Gasteiger partial charge is 0.165 e. The summed E-state index contributed by atoms with van der Waals surface area (Å²) in [7, 11) is 0. The lowest BCUT2D eigenvalue weighted by Gasteiger charge is -2.10. The lowest BCUT2D eigenvalue weighted by molar-refractivity contribution is -0.124. The van der Waals surface area contributed by atoms with Crippen molar-refractivity contribution in [2.24, 2.45) is 0 Å². The summed E-state index contributed by atoms with van der Waals surface area (Å²) in [5.74, 6) is 0.0812. The standard InChI is InChI=1S/C13H18O2/c1-3-9-15-10-13(14)11(2)12-7-5-4-6-8-12/h4-8,11H,3,9-10H2,1-2H3. The molecule has 1 aromatic rings. The summed E-state index contributed by atoms with van der Waals surface area (Å²) in [6.45, 7) is 4.84. The minimum atomic E-state index is -0.0666. The zero-order chi connectivity index (χ0) is 11.1. The fraction of sp³-hybridized carbons (Fsp3) is 0.462. The van der Waals surface area contributed by atoms with Gasteiger partial charge in [0.15, 0.2) is 5.78 Å². The molecule has 0 saturated carbocycles. The summed E-state index contributed by atoms with van der Waals surface area (Å²) in [5, 5.41) is 0. The second kappa shape index (κ2) is 6.36. The highest BCUT2D eigenvalue weighted by atomic mass is 16.5. The van der Waals surface area contributed by atoms with E-state index in [1.165, 1.54) is 0 Å². The average molecular weight is 206 g/mol. The first-order valence-electron chi connectivity index (χ1n) is 5.41. The minimum Gasteiger partial charge on any atom is -0.374 e. The van der Waals surface area contributed by atoms with Crippen molar-refractivity contribution in [1.29, 1.82) is 0 Å². The van der Waals surface area contributed by atoms with Gasteiger partial charge in [-0.05, 0) is 12.0 Å². The molecule has 0 aliphatic carbocycles. The number of hydrogen-bond acceptors (Lipinski definition) is 2. The van der Waals surface area contributed by atoms with E-state index < -0.39 is 0 Å². The van der Waals surface area contributed by atoms with Crippen LogP contribution in [0.3, 0.4) is 0 Å². The summed E-state index contributed by atoms with van der Waals surface area (Å²) in [6, 6.07) is 9.80. The second-order valence-electron chi connectivity index (χ2n) is 3.65. The molecular formula is C13H18O2. The maximum atomic E-state index is 11.7. The fourth-order valence-electron chi connectivity index (χ4n) is 1.37. The predicted molar refractivity (Wildman–Crippen MR) is 61.0 cm³/mol. The molecular weight excluding hydrogens is 188 g/mol. The summed E-state index contributed by atoms with van der Waals surface area (Å²) in [6.07, 6.45) is 0.951. The second-order valence-corrected chi connectivity index (χ2v) is 3.65. The molecule has 1 unspecified atom stereocenters. The molecule has 2 nitrogen and oxygen atoms in total. The lowest BCUT2D eigenvalue weighted by Crippen LogP contribution is -2.16. The Labute approximate surface area is 91.3 Å². The topological polar surface area (TPSA) is 26.3 Å². The van der Waals surface area contributed by atoms with Crippen molar-refractivity contribution in [2.75, 3.05) is 13.2 Å². The largest absolute Gasteiger partial charge is 0.374 e. The molecule has 0 N–H and O–H groups in total. The maximum Gasteiger partial charge on any atom is 0.165 e. The number of ether oxygens (including phenoxy) is 1. The Hall–Kier alpha value is -1.15. The van der Waals surface area contributed by atoms with E-state index in [1.807, 2.05) is 44.2 Å². The fourth-order valence-corrected chi connectivity index (χ4v) is 1.37. The molecule has 0 heterocycles. The van der Waals surface area contributed by atoms with Gasteiger partial charge in [-0.1, -0.05) is 44.2 Å². The Morgan fingerprint density at radius 3 is 2.60 bits per heavy atom. The molecule has 0 aromatic heterocycles. The first kappa shape index (κ1) is 11.9. The third-order valence-electron chi connectivity index (χ3n) is 2.38. The Kier molecular flexibility index (Phi) is 5.05.